The number of carboxylic acid groups (broad SMARTS) is 1. The van der Waals surface area contributed by atoms with E-state index < -0.39 is 17.9 Å². The zero-order valence-corrected chi connectivity index (χ0v) is 10.7. The molecule has 1 heterocycles. The van der Waals surface area contributed by atoms with Crippen molar-refractivity contribution in [1.82, 2.24) is 4.98 Å². The second-order valence-corrected chi connectivity index (χ2v) is 4.11. The van der Waals surface area contributed by atoms with E-state index in [2.05, 4.69) is 16.2 Å². The summed E-state index contributed by atoms with van der Waals surface area (Å²) in [7, 11) is 0. The third kappa shape index (κ3) is 3.45. The molecule has 4 N–H and O–H groups in total. The lowest BCUT2D eigenvalue weighted by Gasteiger charge is -2.16. The van der Waals surface area contributed by atoms with Gasteiger partial charge in [0.05, 0.1) is 5.56 Å². The van der Waals surface area contributed by atoms with Crippen LogP contribution in [0.2, 0.25) is 0 Å². The topological polar surface area (TPSA) is 105 Å². The first-order chi connectivity index (χ1) is 8.86. The van der Waals surface area contributed by atoms with Gasteiger partial charge in [0.1, 0.15) is 11.9 Å². The predicted octanol–water partition coefficient (Wildman–Crippen LogP) is 0.686. The maximum absolute atomic E-state index is 11.4. The highest BCUT2D eigenvalue weighted by Gasteiger charge is 2.21. The smallest absolute Gasteiger partial charge is 0.327 e. The molecule has 0 fully saturated rings. The number of nitrogens with two attached hydrogens (primary N) is 1. The molecule has 0 radical (unpaired) electrons. The van der Waals surface area contributed by atoms with Crippen molar-refractivity contribution in [2.75, 3.05) is 5.32 Å². The molecular formula is C13H15N3O3. The number of pyridine rings is 1. The van der Waals surface area contributed by atoms with E-state index in [1.165, 1.54) is 0 Å². The number of rotatable bonds is 5. The van der Waals surface area contributed by atoms with E-state index in [0.717, 1.165) is 0 Å². The van der Waals surface area contributed by atoms with E-state index in [4.69, 9.17) is 17.3 Å². The number of aromatic nitrogens is 1. The van der Waals surface area contributed by atoms with Gasteiger partial charge in [-0.15, -0.1) is 12.3 Å². The Morgan fingerprint density at radius 3 is 2.68 bits per heavy atom. The van der Waals surface area contributed by atoms with Crippen LogP contribution in [0.5, 0.6) is 0 Å². The molecule has 0 aliphatic rings. The number of carbonyl (C=O) groups is 2. The summed E-state index contributed by atoms with van der Waals surface area (Å²) in [6.07, 6.45) is 5.09. The summed E-state index contributed by atoms with van der Waals surface area (Å²) in [6.45, 7) is 3.44. The Labute approximate surface area is 111 Å². The van der Waals surface area contributed by atoms with Crippen molar-refractivity contribution in [3.8, 4) is 12.3 Å². The van der Waals surface area contributed by atoms with Crippen LogP contribution in [-0.4, -0.2) is 28.0 Å². The third-order valence-corrected chi connectivity index (χ3v) is 2.52. The first kappa shape index (κ1) is 14.5. The Morgan fingerprint density at radius 1 is 1.58 bits per heavy atom. The molecule has 1 aromatic heterocycles. The Balaban J connectivity index is 3.22. The number of carboxylic acids is 1. The van der Waals surface area contributed by atoms with Crippen molar-refractivity contribution in [1.29, 1.82) is 0 Å². The number of aryl methyl sites for hydroxylation is 2. The summed E-state index contributed by atoms with van der Waals surface area (Å²) in [5.74, 6) is 0.621. The number of hydrogen-bond acceptors (Lipinski definition) is 4. The Hall–Kier alpha value is -2.55. The number of amides is 1. The molecule has 0 saturated carbocycles. The van der Waals surface area contributed by atoms with Gasteiger partial charge in [0.2, 0.25) is 0 Å². The highest BCUT2D eigenvalue weighted by molar-refractivity contribution is 5.99. The van der Waals surface area contributed by atoms with Crippen molar-refractivity contribution < 1.29 is 14.7 Å². The fourth-order valence-electron chi connectivity index (χ4n) is 1.74. The number of anilines is 1. The Morgan fingerprint density at radius 2 is 2.21 bits per heavy atom. The molecule has 0 aromatic carbocycles. The van der Waals surface area contributed by atoms with E-state index >= 15 is 0 Å². The zero-order chi connectivity index (χ0) is 14.6. The standard InChI is InChI=1S/C13H15N3O3/c1-4-5-9(13(18)19)16-12-10(11(14)17)7(2)6-8(3)15-12/h1,6,9H,5H2,2-3H3,(H2,14,17)(H,15,16)(H,18,19). The van der Waals surface area contributed by atoms with Crippen molar-refractivity contribution in [2.24, 2.45) is 5.73 Å². The lowest BCUT2D eigenvalue weighted by atomic mass is 10.1. The van der Waals surface area contributed by atoms with Crippen LogP contribution >= 0.6 is 0 Å². The van der Waals surface area contributed by atoms with Crippen LogP contribution in [0.3, 0.4) is 0 Å². The number of primary amides is 1. The summed E-state index contributed by atoms with van der Waals surface area (Å²) in [6, 6.07) is 0.680. The molecule has 0 aliphatic carbocycles. The lowest BCUT2D eigenvalue weighted by Crippen LogP contribution is -2.31. The van der Waals surface area contributed by atoms with E-state index in [9.17, 15) is 9.59 Å². The molecule has 0 spiro atoms. The van der Waals surface area contributed by atoms with Gasteiger partial charge in [-0.05, 0) is 25.5 Å². The monoisotopic (exact) mass is 261 g/mol. The van der Waals surface area contributed by atoms with E-state index in [0.29, 0.717) is 11.3 Å². The van der Waals surface area contributed by atoms with Crippen molar-refractivity contribution in [3.05, 3.63) is 22.9 Å². The SMILES string of the molecule is C#CCC(Nc1nc(C)cc(C)c1C(N)=O)C(=O)O. The highest BCUT2D eigenvalue weighted by atomic mass is 16.4. The van der Waals surface area contributed by atoms with Gasteiger partial charge in [-0.2, -0.15) is 0 Å². The van der Waals surface area contributed by atoms with Crippen molar-refractivity contribution >= 4 is 17.7 Å². The van der Waals surface area contributed by atoms with E-state index in [1.807, 2.05) is 0 Å². The zero-order valence-electron chi connectivity index (χ0n) is 10.7. The molecule has 1 unspecified atom stereocenters. The number of nitrogens with zero attached hydrogens (tertiary/aromatic N) is 1. The molecule has 1 atom stereocenters. The predicted molar refractivity (Wildman–Crippen MR) is 70.7 cm³/mol. The number of aliphatic carboxylic acids is 1. The van der Waals surface area contributed by atoms with Crippen molar-refractivity contribution in [3.63, 3.8) is 0 Å². The van der Waals surface area contributed by atoms with Gasteiger partial charge in [0.25, 0.3) is 5.91 Å². The van der Waals surface area contributed by atoms with E-state index in [1.54, 1.807) is 19.9 Å². The average Bonchev–Trinajstić information content (AvgIpc) is 2.26. The number of hydrogen-bond donors (Lipinski definition) is 3. The average molecular weight is 261 g/mol. The molecule has 0 aliphatic heterocycles. The van der Waals surface area contributed by atoms with Crippen LogP contribution in [0.25, 0.3) is 0 Å². The molecular weight excluding hydrogens is 246 g/mol. The summed E-state index contributed by atoms with van der Waals surface area (Å²) in [4.78, 5) is 26.6. The molecule has 1 aromatic rings. The van der Waals surface area contributed by atoms with Gasteiger partial charge >= 0.3 is 5.97 Å². The molecule has 100 valence electrons. The van der Waals surface area contributed by atoms with Gasteiger partial charge in [0, 0.05) is 12.1 Å². The Kier molecular flexibility index (Phi) is 4.48. The second-order valence-electron chi connectivity index (χ2n) is 4.11. The van der Waals surface area contributed by atoms with Crippen LogP contribution in [-0.2, 0) is 4.79 Å². The number of carbonyl (C=O) groups excluding carboxylic acids is 1. The fourth-order valence-corrected chi connectivity index (χ4v) is 1.74. The summed E-state index contributed by atoms with van der Waals surface area (Å²) < 4.78 is 0. The van der Waals surface area contributed by atoms with Gasteiger partial charge in [0.15, 0.2) is 0 Å². The van der Waals surface area contributed by atoms with Gasteiger partial charge in [-0.25, -0.2) is 9.78 Å². The maximum atomic E-state index is 11.4. The molecule has 6 heteroatoms. The summed E-state index contributed by atoms with van der Waals surface area (Å²) >= 11 is 0. The summed E-state index contributed by atoms with van der Waals surface area (Å²) in [5.41, 5.74) is 6.74. The molecule has 1 rings (SSSR count). The van der Waals surface area contributed by atoms with Crippen LogP contribution in [0.4, 0.5) is 5.82 Å². The molecule has 19 heavy (non-hydrogen) atoms. The van der Waals surface area contributed by atoms with Crippen LogP contribution < -0.4 is 11.1 Å². The van der Waals surface area contributed by atoms with Crippen LogP contribution in [0.1, 0.15) is 28.0 Å². The maximum Gasteiger partial charge on any atom is 0.327 e. The van der Waals surface area contributed by atoms with Crippen LogP contribution in [0, 0.1) is 26.2 Å². The summed E-state index contributed by atoms with van der Waals surface area (Å²) in [5, 5.41) is 11.7. The number of terminal acetylenes is 1. The normalized spacial score (nSPS) is 11.4. The minimum absolute atomic E-state index is 0.0256. The quantitative estimate of drug-likeness (QED) is 0.676. The van der Waals surface area contributed by atoms with E-state index in [-0.39, 0.29) is 17.8 Å². The highest BCUT2D eigenvalue weighted by Crippen LogP contribution is 2.19. The first-order valence-electron chi connectivity index (χ1n) is 5.57. The largest absolute Gasteiger partial charge is 0.480 e. The van der Waals surface area contributed by atoms with Gasteiger partial charge in [-0.3, -0.25) is 4.79 Å². The van der Waals surface area contributed by atoms with Gasteiger partial charge in [-0.1, -0.05) is 0 Å². The van der Waals surface area contributed by atoms with Crippen LogP contribution in [0.15, 0.2) is 6.07 Å². The molecule has 0 saturated heterocycles. The fraction of sp³-hybridized carbons (Fsp3) is 0.308. The van der Waals surface area contributed by atoms with Crippen molar-refractivity contribution in [2.45, 2.75) is 26.3 Å². The molecule has 6 nitrogen and oxygen atoms in total. The lowest BCUT2D eigenvalue weighted by molar-refractivity contribution is -0.137. The minimum atomic E-state index is -1.12. The third-order valence-electron chi connectivity index (χ3n) is 2.52. The number of nitrogens with one attached hydrogen (secondary N) is 1. The minimum Gasteiger partial charge on any atom is -0.480 e. The second kappa shape index (κ2) is 5.87. The first-order valence-corrected chi connectivity index (χ1v) is 5.57. The Bertz CT molecular complexity index is 561. The molecule has 1 amide bonds. The molecule has 0 bridgehead atoms. The van der Waals surface area contributed by atoms with Gasteiger partial charge < -0.3 is 16.2 Å².